The van der Waals surface area contributed by atoms with Gasteiger partial charge in [-0.3, -0.25) is 14.7 Å². The Morgan fingerprint density at radius 2 is 1.88 bits per heavy atom. The van der Waals surface area contributed by atoms with Crippen molar-refractivity contribution in [2.75, 3.05) is 49.5 Å². The molecule has 0 atom stereocenters. The van der Waals surface area contributed by atoms with Crippen molar-refractivity contribution in [1.82, 2.24) is 9.88 Å². The molecule has 0 aliphatic carbocycles. The van der Waals surface area contributed by atoms with E-state index in [0.717, 1.165) is 50.6 Å². The average Bonchev–Trinajstić information content (AvgIpc) is 2.67. The number of carbonyl (C=O) groups is 1. The lowest BCUT2D eigenvalue weighted by atomic mass is 10.1. The normalized spacial score (nSPS) is 17.6. The van der Waals surface area contributed by atoms with E-state index in [9.17, 15) is 4.79 Å². The summed E-state index contributed by atoms with van der Waals surface area (Å²) in [5.41, 5.74) is 3.26. The lowest BCUT2D eigenvalue weighted by Crippen LogP contribution is -2.47. The Balaban J connectivity index is 1.30. The summed E-state index contributed by atoms with van der Waals surface area (Å²) in [6.07, 6.45) is 4.67. The van der Waals surface area contributed by atoms with Gasteiger partial charge < -0.3 is 15.0 Å². The molecule has 0 spiro atoms. The first-order chi connectivity index (χ1) is 12.3. The molecule has 130 valence electrons. The first kappa shape index (κ1) is 15.9. The number of fused-ring (bicyclic) bond motifs is 1. The van der Waals surface area contributed by atoms with E-state index in [-0.39, 0.29) is 12.5 Å². The summed E-state index contributed by atoms with van der Waals surface area (Å²) < 4.78 is 5.41. The number of piperazine rings is 1. The molecule has 1 aromatic heterocycles. The van der Waals surface area contributed by atoms with Crippen LogP contribution in [-0.4, -0.2) is 55.1 Å². The van der Waals surface area contributed by atoms with Crippen LogP contribution in [0.2, 0.25) is 0 Å². The van der Waals surface area contributed by atoms with Crippen LogP contribution >= 0.6 is 0 Å². The van der Waals surface area contributed by atoms with Crippen LogP contribution in [0.5, 0.6) is 5.75 Å². The maximum atomic E-state index is 11.4. The van der Waals surface area contributed by atoms with Crippen molar-refractivity contribution in [2.45, 2.75) is 6.42 Å². The second kappa shape index (κ2) is 7.11. The molecule has 1 aromatic carbocycles. The Morgan fingerprint density at radius 3 is 2.68 bits per heavy atom. The van der Waals surface area contributed by atoms with E-state index in [2.05, 4.69) is 38.3 Å². The predicted octanol–water partition coefficient (Wildman–Crippen LogP) is 1.78. The Morgan fingerprint density at radius 1 is 1.08 bits per heavy atom. The van der Waals surface area contributed by atoms with E-state index in [1.165, 1.54) is 11.3 Å². The van der Waals surface area contributed by atoms with Crippen LogP contribution in [0.1, 0.15) is 5.56 Å². The van der Waals surface area contributed by atoms with Gasteiger partial charge >= 0.3 is 0 Å². The molecule has 2 aromatic rings. The van der Waals surface area contributed by atoms with Crippen LogP contribution in [0.4, 0.5) is 11.4 Å². The van der Waals surface area contributed by atoms with Gasteiger partial charge in [0.2, 0.25) is 0 Å². The number of hydrogen-bond donors (Lipinski definition) is 1. The minimum absolute atomic E-state index is 0.0862. The third-order valence-electron chi connectivity index (χ3n) is 4.79. The molecule has 25 heavy (non-hydrogen) atoms. The number of aromatic nitrogens is 1. The SMILES string of the molecule is O=C1COc2ccc(CCN3CCN(c4ccncc4)CC3)cc2N1. The van der Waals surface area contributed by atoms with E-state index >= 15 is 0 Å². The standard InChI is InChI=1S/C19H22N4O2/c24-19-14-25-18-2-1-15(13-17(18)21-19)5-8-22-9-11-23(12-10-22)16-3-6-20-7-4-16/h1-4,6-7,13H,5,8-12,14H2,(H,21,24). The van der Waals surface area contributed by atoms with Crippen molar-refractivity contribution in [1.29, 1.82) is 0 Å². The molecule has 1 N–H and O–H groups in total. The summed E-state index contributed by atoms with van der Waals surface area (Å²) in [5.74, 6) is 0.672. The summed E-state index contributed by atoms with van der Waals surface area (Å²) in [7, 11) is 0. The number of amides is 1. The number of nitrogens with one attached hydrogen (secondary N) is 1. The molecule has 4 rings (SSSR count). The van der Waals surface area contributed by atoms with Crippen LogP contribution in [0.3, 0.4) is 0 Å². The summed E-state index contributed by atoms with van der Waals surface area (Å²) in [5, 5.41) is 2.87. The van der Waals surface area contributed by atoms with Gasteiger partial charge in [-0.2, -0.15) is 0 Å². The third-order valence-corrected chi connectivity index (χ3v) is 4.79. The maximum Gasteiger partial charge on any atom is 0.262 e. The van der Waals surface area contributed by atoms with E-state index in [0.29, 0.717) is 0 Å². The molecule has 3 heterocycles. The maximum absolute atomic E-state index is 11.4. The van der Waals surface area contributed by atoms with E-state index in [1.807, 2.05) is 24.5 Å². The monoisotopic (exact) mass is 338 g/mol. The number of rotatable bonds is 4. The van der Waals surface area contributed by atoms with Crippen molar-refractivity contribution in [3.05, 3.63) is 48.3 Å². The summed E-state index contributed by atoms with van der Waals surface area (Å²) >= 11 is 0. The van der Waals surface area contributed by atoms with Crippen molar-refractivity contribution >= 4 is 17.3 Å². The molecule has 6 heteroatoms. The number of ether oxygens (including phenoxy) is 1. The molecule has 0 saturated carbocycles. The van der Waals surface area contributed by atoms with Gasteiger partial charge in [0.05, 0.1) is 5.69 Å². The molecule has 0 bridgehead atoms. The number of benzene rings is 1. The highest BCUT2D eigenvalue weighted by molar-refractivity contribution is 5.95. The molecule has 2 aliphatic rings. The summed E-state index contributed by atoms with van der Waals surface area (Å²) in [4.78, 5) is 20.4. The highest BCUT2D eigenvalue weighted by atomic mass is 16.5. The Hall–Kier alpha value is -2.60. The Labute approximate surface area is 147 Å². The molecule has 2 aliphatic heterocycles. The summed E-state index contributed by atoms with van der Waals surface area (Å²) in [6.45, 7) is 5.34. The second-order valence-electron chi connectivity index (χ2n) is 6.45. The topological polar surface area (TPSA) is 57.7 Å². The van der Waals surface area contributed by atoms with Crippen LogP contribution < -0.4 is 15.0 Å². The molecule has 0 unspecified atom stereocenters. The number of carbonyl (C=O) groups excluding carboxylic acids is 1. The van der Waals surface area contributed by atoms with Crippen molar-refractivity contribution in [3.8, 4) is 5.75 Å². The Kier molecular flexibility index (Phi) is 4.52. The zero-order valence-electron chi connectivity index (χ0n) is 14.1. The number of hydrogen-bond acceptors (Lipinski definition) is 5. The lowest BCUT2D eigenvalue weighted by molar-refractivity contribution is -0.118. The quantitative estimate of drug-likeness (QED) is 0.921. The zero-order valence-corrected chi connectivity index (χ0v) is 14.1. The first-order valence-corrected chi connectivity index (χ1v) is 8.71. The minimum atomic E-state index is -0.0862. The van der Waals surface area contributed by atoms with Gasteiger partial charge in [0.15, 0.2) is 6.61 Å². The lowest BCUT2D eigenvalue weighted by Gasteiger charge is -2.36. The molecule has 6 nitrogen and oxygen atoms in total. The van der Waals surface area contributed by atoms with Crippen LogP contribution in [0, 0.1) is 0 Å². The first-order valence-electron chi connectivity index (χ1n) is 8.71. The van der Waals surface area contributed by atoms with E-state index in [1.54, 1.807) is 0 Å². The van der Waals surface area contributed by atoms with E-state index < -0.39 is 0 Å². The largest absolute Gasteiger partial charge is 0.482 e. The Bertz CT molecular complexity index is 742. The molecule has 0 radical (unpaired) electrons. The van der Waals surface area contributed by atoms with Gasteiger partial charge in [0.1, 0.15) is 5.75 Å². The fourth-order valence-corrected chi connectivity index (χ4v) is 3.36. The minimum Gasteiger partial charge on any atom is -0.482 e. The fraction of sp³-hybridized carbons (Fsp3) is 0.368. The van der Waals surface area contributed by atoms with Crippen LogP contribution in [0.25, 0.3) is 0 Å². The molecule has 1 fully saturated rings. The number of nitrogens with zero attached hydrogens (tertiary/aromatic N) is 3. The average molecular weight is 338 g/mol. The van der Waals surface area contributed by atoms with Gasteiger partial charge in [0, 0.05) is 50.8 Å². The number of anilines is 2. The van der Waals surface area contributed by atoms with Crippen LogP contribution in [0.15, 0.2) is 42.7 Å². The van der Waals surface area contributed by atoms with Gasteiger partial charge in [-0.25, -0.2) is 0 Å². The number of pyridine rings is 1. The van der Waals surface area contributed by atoms with Gasteiger partial charge in [0.25, 0.3) is 5.91 Å². The van der Waals surface area contributed by atoms with Crippen molar-refractivity contribution < 1.29 is 9.53 Å². The summed E-state index contributed by atoms with van der Waals surface area (Å²) in [6, 6.07) is 10.2. The molecular weight excluding hydrogens is 316 g/mol. The van der Waals surface area contributed by atoms with Gasteiger partial charge in [-0.05, 0) is 36.2 Å². The predicted molar refractivity (Wildman–Crippen MR) is 97.2 cm³/mol. The zero-order chi connectivity index (χ0) is 17.1. The second-order valence-corrected chi connectivity index (χ2v) is 6.45. The highest BCUT2D eigenvalue weighted by Gasteiger charge is 2.18. The molecule has 1 amide bonds. The van der Waals surface area contributed by atoms with Gasteiger partial charge in [-0.15, -0.1) is 0 Å². The van der Waals surface area contributed by atoms with Crippen molar-refractivity contribution in [3.63, 3.8) is 0 Å². The highest BCUT2D eigenvalue weighted by Crippen LogP contribution is 2.28. The molecular formula is C19H22N4O2. The van der Waals surface area contributed by atoms with Crippen molar-refractivity contribution in [2.24, 2.45) is 0 Å². The van der Waals surface area contributed by atoms with Crippen LogP contribution in [-0.2, 0) is 11.2 Å². The fourth-order valence-electron chi connectivity index (χ4n) is 3.36. The van der Waals surface area contributed by atoms with E-state index in [4.69, 9.17) is 4.74 Å². The smallest absolute Gasteiger partial charge is 0.262 e. The molecule has 1 saturated heterocycles. The third kappa shape index (κ3) is 3.74. The van der Waals surface area contributed by atoms with Gasteiger partial charge in [-0.1, -0.05) is 6.07 Å².